The fourth-order valence-corrected chi connectivity index (χ4v) is 7.75. The molecule has 2 fully saturated rings. The summed E-state index contributed by atoms with van der Waals surface area (Å²) in [5.74, 6) is -5.12. The third-order valence-corrected chi connectivity index (χ3v) is 11.1. The molecule has 14 heteroatoms. The molecule has 2 saturated heterocycles. The zero-order chi connectivity index (χ0) is 37.5. The van der Waals surface area contributed by atoms with Crippen LogP contribution in [0.2, 0.25) is 0 Å². The number of Topliss-reactive ketones (excluding diaryl/α,β-unsaturated/α-hetero) is 1. The molecule has 2 aliphatic heterocycles. The van der Waals surface area contributed by atoms with Gasteiger partial charge in [0.05, 0.1) is 35.9 Å². The third-order valence-electron chi connectivity index (χ3n) is 11.1. The van der Waals surface area contributed by atoms with E-state index in [-0.39, 0.29) is 31.6 Å². The molecule has 0 unspecified atom stereocenters. The van der Waals surface area contributed by atoms with Gasteiger partial charge in [-0.05, 0) is 47.5 Å². The van der Waals surface area contributed by atoms with Crippen LogP contribution in [0.3, 0.4) is 0 Å². The lowest BCUT2D eigenvalue weighted by molar-refractivity contribution is -0.298. The highest BCUT2D eigenvalue weighted by Gasteiger charge is 2.54. The minimum Gasteiger partial charge on any atom is -0.458 e. The lowest BCUT2D eigenvalue weighted by Crippen LogP contribution is -2.59. The predicted molar refractivity (Wildman–Crippen MR) is 179 cm³/mol. The lowest BCUT2D eigenvalue weighted by atomic mass is 9.70. The number of aliphatic hydroxyl groups is 1. The molecule has 0 aliphatic carbocycles. The van der Waals surface area contributed by atoms with Gasteiger partial charge in [-0.1, -0.05) is 27.7 Å². The summed E-state index contributed by atoms with van der Waals surface area (Å²) in [5, 5.41) is 14.0. The summed E-state index contributed by atoms with van der Waals surface area (Å²) >= 11 is 0. The van der Waals surface area contributed by atoms with E-state index >= 15 is 4.39 Å². The molecule has 49 heavy (non-hydrogen) atoms. The van der Waals surface area contributed by atoms with Crippen LogP contribution < -0.4 is 11.1 Å². The van der Waals surface area contributed by atoms with Crippen LogP contribution in [-0.2, 0) is 42.7 Å². The first-order valence-corrected chi connectivity index (χ1v) is 17.4. The maximum atomic E-state index is 16.9. The Bertz CT molecular complexity index is 1100. The quantitative estimate of drug-likeness (QED) is 0.211. The third kappa shape index (κ3) is 9.90. The fraction of sp³-hybridized carbons (Fsp3) is 0.914. The number of carbonyl (C=O) groups excluding carboxylic acids is 3. The molecule has 0 radical (unpaired) electrons. The molecule has 0 spiro atoms. The van der Waals surface area contributed by atoms with Gasteiger partial charge in [0, 0.05) is 64.5 Å². The van der Waals surface area contributed by atoms with Gasteiger partial charge in [-0.3, -0.25) is 9.59 Å². The SMILES string of the molecule is CC[C@H]1OC(=O)[C@H](C)[C@@H](O[C@H]2C[C@@](C)(OC)[C@@H](O)[C@H](C)O2)[C@H](C)[C@@H](F)[C@](C)(OC)C[C@@H](C)C(=O)[C@H](C)[C@@H](CNCCOC)[C@]1(C)OC(N)=O. The zero-order valence-corrected chi connectivity index (χ0v) is 31.6. The first-order valence-electron chi connectivity index (χ1n) is 17.4. The van der Waals surface area contributed by atoms with Crippen LogP contribution in [0, 0.1) is 29.6 Å². The summed E-state index contributed by atoms with van der Waals surface area (Å²) in [6, 6.07) is 0. The van der Waals surface area contributed by atoms with Crippen LogP contribution in [0.15, 0.2) is 0 Å². The van der Waals surface area contributed by atoms with Gasteiger partial charge in [0.15, 0.2) is 11.9 Å². The summed E-state index contributed by atoms with van der Waals surface area (Å²) in [4.78, 5) is 40.8. The Morgan fingerprint density at radius 2 is 1.63 bits per heavy atom. The fourth-order valence-electron chi connectivity index (χ4n) is 7.75. The highest BCUT2D eigenvalue weighted by molar-refractivity contribution is 5.83. The van der Waals surface area contributed by atoms with E-state index in [9.17, 15) is 19.5 Å². The Kier molecular flexibility index (Phi) is 15.9. The van der Waals surface area contributed by atoms with Crippen molar-refractivity contribution in [1.82, 2.24) is 5.32 Å². The first-order chi connectivity index (χ1) is 22.8. The number of methoxy groups -OCH3 is 3. The van der Waals surface area contributed by atoms with Crippen LogP contribution in [-0.4, -0.2) is 118 Å². The number of nitrogens with one attached hydrogen (secondary N) is 1. The number of cyclic esters (lactones) is 1. The van der Waals surface area contributed by atoms with Gasteiger partial charge in [0.2, 0.25) is 0 Å². The molecule has 13 nitrogen and oxygen atoms in total. The van der Waals surface area contributed by atoms with Crippen molar-refractivity contribution in [2.24, 2.45) is 35.3 Å². The lowest BCUT2D eigenvalue weighted by Gasteiger charge is -2.47. The summed E-state index contributed by atoms with van der Waals surface area (Å²) in [6.45, 7) is 16.1. The predicted octanol–water partition coefficient (Wildman–Crippen LogP) is 3.56. The Hall–Kier alpha value is -1.94. The highest BCUT2D eigenvalue weighted by Crippen LogP contribution is 2.42. The van der Waals surface area contributed by atoms with Crippen molar-refractivity contribution in [1.29, 1.82) is 0 Å². The molecule has 0 saturated carbocycles. The molecule has 4 N–H and O–H groups in total. The van der Waals surface area contributed by atoms with Crippen LogP contribution in [0.25, 0.3) is 0 Å². The van der Waals surface area contributed by atoms with Crippen molar-refractivity contribution >= 4 is 17.8 Å². The van der Waals surface area contributed by atoms with E-state index in [1.807, 2.05) is 0 Å². The standard InChI is InChI=1S/C35H63FN2O11/c1-13-25-35(9,49-32(37)42)24(18-38-14-15-43-10)20(3)27(39)19(2)16-33(7,44-11)29(36)21(4)28(22(5)31(41)47-25)48-26-17-34(8,45-12)30(40)23(6)46-26/h19-26,28-30,38,40H,13-18H2,1-12H3,(H2,37,42)/t19-,20-,21+,22-,23+,24-,25-,26+,28+,29-,30+,33-,34-,35+/m1/s1. The number of nitrogens with two attached hydrogens (primary N) is 1. The van der Waals surface area contributed by atoms with E-state index in [2.05, 4.69) is 5.32 Å². The van der Waals surface area contributed by atoms with Gasteiger partial charge in [-0.15, -0.1) is 0 Å². The largest absolute Gasteiger partial charge is 0.458 e. The topological polar surface area (TPSA) is 174 Å². The number of hydrogen-bond donors (Lipinski definition) is 3. The van der Waals surface area contributed by atoms with Crippen LogP contribution >= 0.6 is 0 Å². The second-order valence-electron chi connectivity index (χ2n) is 14.6. The van der Waals surface area contributed by atoms with E-state index in [1.54, 1.807) is 69.4 Å². The number of amides is 1. The highest BCUT2D eigenvalue weighted by atomic mass is 19.1. The van der Waals surface area contributed by atoms with Crippen molar-refractivity contribution in [3.8, 4) is 0 Å². The summed E-state index contributed by atoms with van der Waals surface area (Å²) in [6.07, 6.45) is -7.26. The number of ketones is 1. The maximum Gasteiger partial charge on any atom is 0.405 e. The molecule has 0 aromatic carbocycles. The normalized spacial score (nSPS) is 43.0. The molecule has 1 amide bonds. The number of alkyl halides is 1. The van der Waals surface area contributed by atoms with Crippen molar-refractivity contribution in [2.45, 2.75) is 135 Å². The van der Waals surface area contributed by atoms with E-state index in [4.69, 9.17) is 38.9 Å². The smallest absolute Gasteiger partial charge is 0.405 e. The van der Waals surface area contributed by atoms with Gasteiger partial charge < -0.3 is 49.3 Å². The van der Waals surface area contributed by atoms with Crippen molar-refractivity contribution < 1.29 is 57.0 Å². The monoisotopic (exact) mass is 706 g/mol. The molecule has 2 rings (SSSR count). The minimum atomic E-state index is -1.70. The van der Waals surface area contributed by atoms with Crippen molar-refractivity contribution in [3.63, 3.8) is 0 Å². The molecule has 2 heterocycles. The van der Waals surface area contributed by atoms with E-state index in [0.717, 1.165) is 0 Å². The molecular formula is C35H63FN2O11. The van der Waals surface area contributed by atoms with Crippen LogP contribution in [0.4, 0.5) is 9.18 Å². The van der Waals surface area contributed by atoms with E-state index in [1.165, 1.54) is 14.2 Å². The molecule has 0 aromatic rings. The Morgan fingerprint density at radius 1 is 1.02 bits per heavy atom. The first kappa shape index (κ1) is 43.2. The average molecular weight is 707 g/mol. The van der Waals surface area contributed by atoms with Gasteiger partial charge >= 0.3 is 12.1 Å². The Balaban J connectivity index is 2.72. The van der Waals surface area contributed by atoms with E-state index in [0.29, 0.717) is 13.2 Å². The van der Waals surface area contributed by atoms with E-state index < -0.39 is 95.3 Å². The molecule has 286 valence electrons. The maximum absolute atomic E-state index is 16.9. The number of hydrogen-bond acceptors (Lipinski definition) is 12. The molecular weight excluding hydrogens is 643 g/mol. The number of rotatable bonds is 11. The second kappa shape index (κ2) is 18.0. The number of halogens is 1. The van der Waals surface area contributed by atoms with Crippen molar-refractivity contribution in [3.05, 3.63) is 0 Å². The molecule has 14 atom stereocenters. The minimum absolute atomic E-state index is 0.0169. The average Bonchev–Trinajstić information content (AvgIpc) is 3.05. The van der Waals surface area contributed by atoms with Crippen LogP contribution in [0.5, 0.6) is 0 Å². The summed E-state index contributed by atoms with van der Waals surface area (Å²) in [5.41, 5.74) is 1.56. The number of esters is 1. The number of primary amides is 1. The Morgan fingerprint density at radius 3 is 2.16 bits per heavy atom. The van der Waals surface area contributed by atoms with Crippen molar-refractivity contribution in [2.75, 3.05) is 41.0 Å². The number of aliphatic hydroxyl groups excluding tert-OH is 1. The second-order valence-corrected chi connectivity index (χ2v) is 14.6. The van der Waals surface area contributed by atoms with Gasteiger partial charge in [-0.2, -0.15) is 0 Å². The summed E-state index contributed by atoms with van der Waals surface area (Å²) < 4.78 is 57.9. The Labute approximate surface area is 291 Å². The molecule has 0 aromatic heterocycles. The van der Waals surface area contributed by atoms with Gasteiger partial charge in [0.25, 0.3) is 0 Å². The van der Waals surface area contributed by atoms with Gasteiger partial charge in [0.1, 0.15) is 24.2 Å². The number of ether oxygens (including phenoxy) is 7. The zero-order valence-electron chi connectivity index (χ0n) is 31.6. The van der Waals surface area contributed by atoms with Crippen LogP contribution in [0.1, 0.15) is 81.6 Å². The number of carbonyl (C=O) groups is 3. The molecule has 2 aliphatic rings. The summed E-state index contributed by atoms with van der Waals surface area (Å²) in [7, 11) is 4.43. The molecule has 0 bridgehead atoms. The van der Waals surface area contributed by atoms with Gasteiger partial charge in [-0.25, -0.2) is 9.18 Å².